The number of carbonyl (C=O) groups excluding carboxylic acids is 1. The van der Waals surface area contributed by atoms with Crippen molar-refractivity contribution < 1.29 is 13.6 Å². The Kier molecular flexibility index (Phi) is 4.62. The topological polar surface area (TPSA) is 20.3 Å². The zero-order chi connectivity index (χ0) is 14.7. The van der Waals surface area contributed by atoms with Crippen LogP contribution < -0.4 is 0 Å². The molecule has 2 rings (SSSR count). The Labute approximate surface area is 120 Å². The fraction of sp³-hybridized carbons (Fsp3) is 0.267. The molecule has 0 bridgehead atoms. The Morgan fingerprint density at radius 2 is 1.90 bits per heavy atom. The Morgan fingerprint density at radius 3 is 2.45 bits per heavy atom. The van der Waals surface area contributed by atoms with Crippen molar-refractivity contribution in [3.8, 4) is 0 Å². The average molecular weight is 295 g/mol. The second kappa shape index (κ2) is 6.24. The van der Waals surface area contributed by atoms with Gasteiger partial charge in [0.05, 0.1) is 12.1 Å². The second-order valence-electron chi connectivity index (χ2n) is 4.63. The van der Waals surface area contributed by atoms with Crippen molar-refractivity contribution in [1.82, 2.24) is 4.90 Å². The molecule has 1 heterocycles. The van der Waals surface area contributed by atoms with E-state index in [2.05, 4.69) is 0 Å². The van der Waals surface area contributed by atoms with Gasteiger partial charge in [0, 0.05) is 10.9 Å². The van der Waals surface area contributed by atoms with Crippen LogP contribution in [0.15, 0.2) is 35.7 Å². The molecule has 2 aromatic rings. The number of nitrogens with zero attached hydrogens (tertiary/aromatic N) is 1. The van der Waals surface area contributed by atoms with Crippen LogP contribution in [0.25, 0.3) is 0 Å². The zero-order valence-electron chi connectivity index (χ0n) is 11.3. The summed E-state index contributed by atoms with van der Waals surface area (Å²) in [5, 5.41) is 1.96. The minimum atomic E-state index is -0.813. The van der Waals surface area contributed by atoms with Crippen molar-refractivity contribution >= 4 is 17.1 Å². The van der Waals surface area contributed by atoms with E-state index in [9.17, 15) is 13.6 Å². The number of hydrogen-bond donors (Lipinski definition) is 0. The standard InChI is InChI=1S/C15H15F2NOS/c1-10(14-7-4-8-20-14)18(2)9-13(19)15-11(16)5-3-6-12(15)17/h3-8,10H,9H2,1-2H3. The fourth-order valence-corrected chi connectivity index (χ4v) is 2.80. The van der Waals surface area contributed by atoms with E-state index in [0.29, 0.717) is 0 Å². The first-order valence-corrected chi connectivity index (χ1v) is 7.09. The van der Waals surface area contributed by atoms with Gasteiger partial charge in [0.15, 0.2) is 5.78 Å². The van der Waals surface area contributed by atoms with Crippen LogP contribution >= 0.6 is 11.3 Å². The lowest BCUT2D eigenvalue weighted by molar-refractivity contribution is 0.0917. The SMILES string of the molecule is CC(c1cccs1)N(C)CC(=O)c1c(F)cccc1F. The zero-order valence-corrected chi connectivity index (χ0v) is 12.1. The van der Waals surface area contributed by atoms with E-state index in [1.54, 1.807) is 23.3 Å². The molecule has 1 aromatic heterocycles. The third-order valence-electron chi connectivity index (χ3n) is 3.25. The molecule has 1 aromatic carbocycles. The van der Waals surface area contributed by atoms with Gasteiger partial charge in [0.1, 0.15) is 11.6 Å². The maximum Gasteiger partial charge on any atom is 0.182 e. The minimum Gasteiger partial charge on any atom is -0.292 e. The summed E-state index contributed by atoms with van der Waals surface area (Å²) in [4.78, 5) is 14.9. The third-order valence-corrected chi connectivity index (χ3v) is 4.29. The van der Waals surface area contributed by atoms with E-state index in [4.69, 9.17) is 0 Å². The summed E-state index contributed by atoms with van der Waals surface area (Å²) in [6.07, 6.45) is 0. The summed E-state index contributed by atoms with van der Waals surface area (Å²) in [5.41, 5.74) is -0.460. The van der Waals surface area contributed by atoms with E-state index >= 15 is 0 Å². The van der Waals surface area contributed by atoms with Gasteiger partial charge in [0.25, 0.3) is 0 Å². The van der Waals surface area contributed by atoms with Crippen molar-refractivity contribution in [3.05, 3.63) is 57.8 Å². The van der Waals surface area contributed by atoms with Gasteiger partial charge < -0.3 is 0 Å². The molecule has 0 radical (unpaired) electrons. The second-order valence-corrected chi connectivity index (χ2v) is 5.61. The van der Waals surface area contributed by atoms with Gasteiger partial charge in [-0.05, 0) is 37.6 Å². The van der Waals surface area contributed by atoms with Crippen molar-refractivity contribution in [2.75, 3.05) is 13.6 Å². The van der Waals surface area contributed by atoms with Gasteiger partial charge in [-0.1, -0.05) is 12.1 Å². The molecule has 1 unspecified atom stereocenters. The fourth-order valence-electron chi connectivity index (χ4n) is 1.95. The Balaban J connectivity index is 2.12. The highest BCUT2D eigenvalue weighted by molar-refractivity contribution is 7.10. The van der Waals surface area contributed by atoms with E-state index in [0.717, 1.165) is 17.0 Å². The maximum atomic E-state index is 13.5. The van der Waals surface area contributed by atoms with E-state index < -0.39 is 23.0 Å². The quantitative estimate of drug-likeness (QED) is 0.780. The van der Waals surface area contributed by atoms with Crippen molar-refractivity contribution in [2.45, 2.75) is 13.0 Å². The number of benzene rings is 1. The Morgan fingerprint density at radius 1 is 1.25 bits per heavy atom. The predicted molar refractivity (Wildman–Crippen MR) is 76.1 cm³/mol. The molecule has 106 valence electrons. The third kappa shape index (κ3) is 3.11. The normalized spacial score (nSPS) is 12.7. The smallest absolute Gasteiger partial charge is 0.182 e. The maximum absolute atomic E-state index is 13.5. The molecule has 0 aliphatic carbocycles. The van der Waals surface area contributed by atoms with Crippen molar-refractivity contribution in [1.29, 1.82) is 0 Å². The van der Waals surface area contributed by atoms with Crippen molar-refractivity contribution in [3.63, 3.8) is 0 Å². The van der Waals surface area contributed by atoms with Gasteiger partial charge in [-0.15, -0.1) is 11.3 Å². The monoisotopic (exact) mass is 295 g/mol. The number of rotatable bonds is 5. The first-order chi connectivity index (χ1) is 9.50. The molecule has 0 saturated heterocycles. The predicted octanol–water partition coefficient (Wildman–Crippen LogP) is 3.90. The lowest BCUT2D eigenvalue weighted by Gasteiger charge is -2.23. The largest absolute Gasteiger partial charge is 0.292 e. The number of ketones is 1. The Hall–Kier alpha value is -1.59. The summed E-state index contributed by atoms with van der Waals surface area (Å²) < 4.78 is 27.1. The Bertz CT molecular complexity index is 578. The van der Waals surface area contributed by atoms with Crippen molar-refractivity contribution in [2.24, 2.45) is 0 Å². The minimum absolute atomic E-state index is 0.0220. The number of Topliss-reactive ketones (excluding diaryl/α,β-unsaturated/α-hetero) is 1. The molecule has 1 atom stereocenters. The summed E-state index contributed by atoms with van der Waals surface area (Å²) >= 11 is 1.59. The highest BCUT2D eigenvalue weighted by atomic mass is 32.1. The summed E-state index contributed by atoms with van der Waals surface area (Å²) in [6, 6.07) is 7.37. The molecule has 0 saturated carbocycles. The molecular formula is C15H15F2NOS. The van der Waals surface area contributed by atoms with Crippen LogP contribution in [0.1, 0.15) is 28.2 Å². The van der Waals surface area contributed by atoms with Gasteiger partial charge in [-0.3, -0.25) is 9.69 Å². The van der Waals surface area contributed by atoms with E-state index in [-0.39, 0.29) is 12.6 Å². The van der Waals surface area contributed by atoms with Gasteiger partial charge in [-0.2, -0.15) is 0 Å². The molecule has 20 heavy (non-hydrogen) atoms. The van der Waals surface area contributed by atoms with Crippen LogP contribution in [-0.4, -0.2) is 24.3 Å². The van der Waals surface area contributed by atoms with Gasteiger partial charge in [0.2, 0.25) is 0 Å². The lowest BCUT2D eigenvalue weighted by atomic mass is 10.1. The summed E-state index contributed by atoms with van der Waals surface area (Å²) in [7, 11) is 1.76. The molecule has 0 spiro atoms. The lowest BCUT2D eigenvalue weighted by Crippen LogP contribution is -2.29. The molecule has 5 heteroatoms. The van der Waals surface area contributed by atoms with E-state index in [1.807, 2.05) is 24.4 Å². The molecule has 0 fully saturated rings. The first-order valence-electron chi connectivity index (χ1n) is 6.21. The average Bonchev–Trinajstić information content (AvgIpc) is 2.91. The first kappa shape index (κ1) is 14.8. The summed E-state index contributed by atoms with van der Waals surface area (Å²) in [5.74, 6) is -2.18. The van der Waals surface area contributed by atoms with Crippen LogP contribution in [0.5, 0.6) is 0 Å². The number of thiophene rings is 1. The van der Waals surface area contributed by atoms with Crippen LogP contribution in [0, 0.1) is 11.6 Å². The van der Waals surface area contributed by atoms with Crippen LogP contribution in [-0.2, 0) is 0 Å². The molecule has 0 N–H and O–H groups in total. The van der Waals surface area contributed by atoms with Gasteiger partial charge in [-0.25, -0.2) is 8.78 Å². The molecule has 2 nitrogen and oxygen atoms in total. The van der Waals surface area contributed by atoms with Gasteiger partial charge >= 0.3 is 0 Å². The summed E-state index contributed by atoms with van der Waals surface area (Å²) in [6.45, 7) is 1.92. The molecule has 0 amide bonds. The number of hydrogen-bond acceptors (Lipinski definition) is 3. The molecule has 0 aliphatic rings. The molecular weight excluding hydrogens is 280 g/mol. The number of carbonyl (C=O) groups is 1. The highest BCUT2D eigenvalue weighted by Crippen LogP contribution is 2.24. The molecule has 0 aliphatic heterocycles. The number of halogens is 2. The highest BCUT2D eigenvalue weighted by Gasteiger charge is 2.21. The van der Waals surface area contributed by atoms with E-state index in [1.165, 1.54) is 6.07 Å². The number of likely N-dealkylation sites (N-methyl/N-ethyl adjacent to an activating group) is 1. The van der Waals surface area contributed by atoms with Crippen LogP contribution in [0.2, 0.25) is 0 Å². The van der Waals surface area contributed by atoms with Crippen LogP contribution in [0.3, 0.4) is 0 Å². The van der Waals surface area contributed by atoms with Crippen LogP contribution in [0.4, 0.5) is 8.78 Å².